The fourth-order valence-corrected chi connectivity index (χ4v) is 3.10. The van der Waals surface area contributed by atoms with E-state index in [0.29, 0.717) is 5.82 Å². The van der Waals surface area contributed by atoms with Crippen LogP contribution in [0.3, 0.4) is 0 Å². The van der Waals surface area contributed by atoms with E-state index in [1.54, 1.807) is 4.68 Å². The van der Waals surface area contributed by atoms with E-state index in [4.69, 9.17) is 0 Å². The lowest BCUT2D eigenvalue weighted by Crippen LogP contribution is -2.42. The van der Waals surface area contributed by atoms with Crippen molar-refractivity contribution in [2.75, 3.05) is 11.9 Å². The largest absolute Gasteiger partial charge is 0.388 e. The van der Waals surface area contributed by atoms with Gasteiger partial charge in [-0.3, -0.25) is 5.32 Å². The maximum Gasteiger partial charge on any atom is 0.320 e. The molecule has 0 atom stereocenters. The van der Waals surface area contributed by atoms with Gasteiger partial charge in [0.25, 0.3) is 0 Å². The number of nitrogens with one attached hydrogen (secondary N) is 2. The topological polar surface area (TPSA) is 79.2 Å². The molecule has 0 bridgehead atoms. The zero-order chi connectivity index (χ0) is 17.2. The van der Waals surface area contributed by atoms with Crippen molar-refractivity contribution in [3.63, 3.8) is 0 Å². The average molecular weight is 328 g/mol. The summed E-state index contributed by atoms with van der Waals surface area (Å²) in [5.41, 5.74) is 2.32. The van der Waals surface area contributed by atoms with Crippen LogP contribution in [0.25, 0.3) is 5.69 Å². The van der Waals surface area contributed by atoms with Gasteiger partial charge >= 0.3 is 6.03 Å². The Bertz CT molecular complexity index is 715. The Morgan fingerprint density at radius 1 is 1.25 bits per heavy atom. The lowest BCUT2D eigenvalue weighted by atomic mass is 10.0. The molecule has 0 radical (unpaired) electrons. The molecule has 3 N–H and O–H groups in total. The number of rotatable bonds is 4. The summed E-state index contributed by atoms with van der Waals surface area (Å²) in [6.45, 7) is 4.25. The number of aliphatic hydroxyl groups is 1. The summed E-state index contributed by atoms with van der Waals surface area (Å²) in [7, 11) is 0. The quantitative estimate of drug-likeness (QED) is 0.807. The smallest absolute Gasteiger partial charge is 0.320 e. The van der Waals surface area contributed by atoms with E-state index < -0.39 is 5.60 Å². The first-order valence-corrected chi connectivity index (χ1v) is 8.36. The molecular weight excluding hydrogens is 304 g/mol. The van der Waals surface area contributed by atoms with Crippen LogP contribution < -0.4 is 10.6 Å². The Morgan fingerprint density at radius 3 is 2.58 bits per heavy atom. The molecule has 6 heteroatoms. The first-order valence-electron chi connectivity index (χ1n) is 8.36. The number of urea groups is 1. The van der Waals surface area contributed by atoms with Gasteiger partial charge in [-0.2, -0.15) is 0 Å². The fourth-order valence-electron chi connectivity index (χ4n) is 3.10. The Labute approximate surface area is 141 Å². The van der Waals surface area contributed by atoms with Gasteiger partial charge in [0, 0.05) is 18.3 Å². The van der Waals surface area contributed by atoms with Gasteiger partial charge in [-0.15, -0.1) is 5.10 Å². The standard InChI is InChI=1S/C18H24N4O2/c1-13-5-7-15(8-6-13)22-14(2)11-16(21-22)20-17(23)19-12-18(24)9-3-4-10-18/h5-8,11,24H,3-4,9-10,12H2,1-2H3,(H2,19,20,21,23). The van der Waals surface area contributed by atoms with E-state index in [1.165, 1.54) is 5.56 Å². The Kier molecular flexibility index (Phi) is 4.57. The maximum atomic E-state index is 12.0. The van der Waals surface area contributed by atoms with Gasteiger partial charge in [0.15, 0.2) is 5.82 Å². The summed E-state index contributed by atoms with van der Waals surface area (Å²) < 4.78 is 1.79. The molecule has 128 valence electrons. The minimum atomic E-state index is -0.755. The normalized spacial score (nSPS) is 16.1. The number of hydrogen-bond acceptors (Lipinski definition) is 3. The molecule has 1 aliphatic rings. The highest BCUT2D eigenvalue weighted by Crippen LogP contribution is 2.28. The number of amides is 2. The molecule has 0 spiro atoms. The number of aromatic nitrogens is 2. The third-order valence-corrected chi connectivity index (χ3v) is 4.52. The molecule has 1 aromatic heterocycles. The van der Waals surface area contributed by atoms with Gasteiger partial charge in [-0.1, -0.05) is 30.5 Å². The molecule has 2 aromatic rings. The predicted octanol–water partition coefficient (Wildman–Crippen LogP) is 2.92. The molecule has 1 heterocycles. The second-order valence-corrected chi connectivity index (χ2v) is 6.66. The van der Waals surface area contributed by atoms with Crippen molar-refractivity contribution in [2.45, 2.75) is 45.1 Å². The second-order valence-electron chi connectivity index (χ2n) is 6.66. The van der Waals surface area contributed by atoms with Gasteiger partial charge in [0.05, 0.1) is 11.3 Å². The minimum absolute atomic E-state index is 0.274. The van der Waals surface area contributed by atoms with Gasteiger partial charge < -0.3 is 10.4 Å². The van der Waals surface area contributed by atoms with Crippen molar-refractivity contribution < 1.29 is 9.90 Å². The number of hydrogen-bond donors (Lipinski definition) is 3. The number of carbonyl (C=O) groups is 1. The van der Waals surface area contributed by atoms with E-state index in [0.717, 1.165) is 37.1 Å². The van der Waals surface area contributed by atoms with Crippen LogP contribution in [0.5, 0.6) is 0 Å². The molecule has 2 amide bonds. The van der Waals surface area contributed by atoms with Crippen molar-refractivity contribution in [2.24, 2.45) is 0 Å². The van der Waals surface area contributed by atoms with E-state index in [9.17, 15) is 9.90 Å². The van der Waals surface area contributed by atoms with Crippen LogP contribution in [0, 0.1) is 13.8 Å². The SMILES string of the molecule is Cc1ccc(-n2nc(NC(=O)NCC3(O)CCCC3)cc2C)cc1. The molecule has 3 rings (SSSR count). The number of anilines is 1. The Morgan fingerprint density at radius 2 is 1.92 bits per heavy atom. The highest BCUT2D eigenvalue weighted by Gasteiger charge is 2.31. The van der Waals surface area contributed by atoms with Gasteiger partial charge in [-0.25, -0.2) is 9.48 Å². The van der Waals surface area contributed by atoms with Crippen molar-refractivity contribution in [1.82, 2.24) is 15.1 Å². The zero-order valence-corrected chi connectivity index (χ0v) is 14.2. The van der Waals surface area contributed by atoms with E-state index in [-0.39, 0.29) is 12.6 Å². The zero-order valence-electron chi connectivity index (χ0n) is 14.2. The third-order valence-electron chi connectivity index (χ3n) is 4.52. The second kappa shape index (κ2) is 6.65. The maximum absolute atomic E-state index is 12.0. The first-order chi connectivity index (χ1) is 11.5. The summed E-state index contributed by atoms with van der Waals surface area (Å²) in [4.78, 5) is 12.0. The van der Waals surface area contributed by atoms with Crippen LogP contribution in [-0.2, 0) is 0 Å². The number of benzene rings is 1. The summed E-state index contributed by atoms with van der Waals surface area (Å²) in [6.07, 6.45) is 3.52. The van der Waals surface area contributed by atoms with Crippen molar-refractivity contribution >= 4 is 11.8 Å². The van der Waals surface area contributed by atoms with Crippen molar-refractivity contribution in [3.05, 3.63) is 41.6 Å². The Balaban J connectivity index is 1.62. The van der Waals surface area contributed by atoms with Crippen molar-refractivity contribution in [3.8, 4) is 5.69 Å². The molecule has 24 heavy (non-hydrogen) atoms. The van der Waals surface area contributed by atoms with Crippen LogP contribution in [0.4, 0.5) is 10.6 Å². The highest BCUT2D eigenvalue weighted by molar-refractivity contribution is 5.88. The molecule has 0 saturated heterocycles. The van der Waals surface area contributed by atoms with Gasteiger partial charge in [0.2, 0.25) is 0 Å². The monoisotopic (exact) mass is 328 g/mol. The minimum Gasteiger partial charge on any atom is -0.388 e. The first kappa shape index (κ1) is 16.5. The summed E-state index contributed by atoms with van der Waals surface area (Å²) >= 11 is 0. The molecule has 1 aliphatic carbocycles. The van der Waals surface area contributed by atoms with E-state index in [1.807, 2.05) is 44.2 Å². The molecular formula is C18H24N4O2. The molecule has 0 unspecified atom stereocenters. The Hall–Kier alpha value is -2.34. The average Bonchev–Trinajstić information content (AvgIpc) is 3.13. The van der Waals surface area contributed by atoms with Crippen LogP contribution in [0.2, 0.25) is 0 Å². The van der Waals surface area contributed by atoms with Crippen LogP contribution >= 0.6 is 0 Å². The predicted molar refractivity (Wildman–Crippen MR) is 93.5 cm³/mol. The fraction of sp³-hybridized carbons (Fsp3) is 0.444. The lowest BCUT2D eigenvalue weighted by molar-refractivity contribution is 0.0506. The summed E-state index contributed by atoms with van der Waals surface area (Å²) in [6, 6.07) is 9.52. The summed E-state index contributed by atoms with van der Waals surface area (Å²) in [5.74, 6) is 0.490. The van der Waals surface area contributed by atoms with E-state index >= 15 is 0 Å². The van der Waals surface area contributed by atoms with Crippen LogP contribution in [0.1, 0.15) is 36.9 Å². The molecule has 6 nitrogen and oxygen atoms in total. The summed E-state index contributed by atoms with van der Waals surface area (Å²) in [5, 5.41) is 20.2. The number of nitrogens with zero attached hydrogens (tertiary/aromatic N) is 2. The lowest BCUT2D eigenvalue weighted by Gasteiger charge is -2.22. The van der Waals surface area contributed by atoms with Crippen LogP contribution in [-0.4, -0.2) is 33.1 Å². The highest BCUT2D eigenvalue weighted by atomic mass is 16.3. The number of carbonyl (C=O) groups excluding carboxylic acids is 1. The third kappa shape index (κ3) is 3.76. The van der Waals surface area contributed by atoms with E-state index in [2.05, 4.69) is 15.7 Å². The van der Waals surface area contributed by atoms with Gasteiger partial charge in [-0.05, 0) is 38.8 Å². The molecule has 0 aliphatic heterocycles. The van der Waals surface area contributed by atoms with Crippen molar-refractivity contribution in [1.29, 1.82) is 0 Å². The van der Waals surface area contributed by atoms with Gasteiger partial charge in [0.1, 0.15) is 0 Å². The number of aryl methyl sites for hydroxylation is 2. The molecule has 1 saturated carbocycles. The van der Waals surface area contributed by atoms with Crippen LogP contribution in [0.15, 0.2) is 30.3 Å². The molecule has 1 aromatic carbocycles. The molecule has 1 fully saturated rings.